The number of carbonyl (C=O) groups is 2. The van der Waals surface area contributed by atoms with Crippen molar-refractivity contribution in [3.63, 3.8) is 0 Å². The van der Waals surface area contributed by atoms with Gasteiger partial charge in [0.1, 0.15) is 4.88 Å². The molecule has 2 aromatic carbocycles. The Bertz CT molecular complexity index is 1260. The van der Waals surface area contributed by atoms with E-state index in [-0.39, 0.29) is 21.9 Å². The number of esters is 1. The Balaban J connectivity index is 1.63. The van der Waals surface area contributed by atoms with E-state index in [1.807, 2.05) is 30.3 Å². The summed E-state index contributed by atoms with van der Waals surface area (Å²) < 4.78 is 32.4. The molecule has 1 fully saturated rings. The van der Waals surface area contributed by atoms with Crippen molar-refractivity contribution in [1.82, 2.24) is 4.31 Å². The van der Waals surface area contributed by atoms with Crippen LogP contribution in [0.4, 0.5) is 5.69 Å². The zero-order valence-corrected chi connectivity index (χ0v) is 19.7. The molecule has 0 atom stereocenters. The van der Waals surface area contributed by atoms with E-state index in [0.717, 1.165) is 23.3 Å². The second kappa shape index (κ2) is 9.86. The maximum Gasteiger partial charge on any atom is 0.350 e. The Kier molecular flexibility index (Phi) is 6.92. The van der Waals surface area contributed by atoms with Crippen LogP contribution in [0.15, 0.2) is 65.6 Å². The van der Waals surface area contributed by atoms with Crippen molar-refractivity contribution >= 4 is 38.9 Å². The van der Waals surface area contributed by atoms with Gasteiger partial charge in [0.15, 0.2) is 0 Å². The van der Waals surface area contributed by atoms with Crippen LogP contribution in [0, 0.1) is 0 Å². The number of carbonyl (C=O) groups excluding carboxylic acids is 2. The average molecular weight is 485 g/mol. The van der Waals surface area contributed by atoms with E-state index in [1.54, 1.807) is 25.1 Å². The summed E-state index contributed by atoms with van der Waals surface area (Å²) in [6.45, 7) is 2.90. The van der Waals surface area contributed by atoms with Crippen molar-refractivity contribution < 1.29 is 22.7 Å². The topological polar surface area (TPSA) is 92.8 Å². The summed E-state index contributed by atoms with van der Waals surface area (Å²) in [7, 11) is -3.65. The molecular weight excluding hydrogens is 460 g/mol. The monoisotopic (exact) mass is 484 g/mol. The number of thiophene rings is 1. The van der Waals surface area contributed by atoms with Crippen LogP contribution in [0.3, 0.4) is 0 Å². The Hall–Kier alpha value is -3.01. The number of anilines is 1. The number of hydrogen-bond acceptors (Lipinski definition) is 6. The van der Waals surface area contributed by atoms with Gasteiger partial charge < -0.3 is 10.1 Å². The van der Waals surface area contributed by atoms with Gasteiger partial charge >= 0.3 is 5.97 Å². The number of rotatable bonds is 7. The van der Waals surface area contributed by atoms with Crippen molar-refractivity contribution in [1.29, 1.82) is 0 Å². The molecule has 1 N–H and O–H groups in total. The minimum Gasteiger partial charge on any atom is -0.462 e. The molecule has 1 aromatic heterocycles. The van der Waals surface area contributed by atoms with E-state index >= 15 is 0 Å². The number of hydrogen-bond donors (Lipinski definition) is 1. The first-order valence-electron chi connectivity index (χ1n) is 10.7. The highest BCUT2D eigenvalue weighted by Gasteiger charge is 2.28. The minimum absolute atomic E-state index is 0.0814. The van der Waals surface area contributed by atoms with Gasteiger partial charge in [-0.2, -0.15) is 4.31 Å². The van der Waals surface area contributed by atoms with Gasteiger partial charge in [0, 0.05) is 23.5 Å². The molecule has 2 heterocycles. The van der Waals surface area contributed by atoms with Crippen LogP contribution in [0.5, 0.6) is 0 Å². The molecule has 0 radical (unpaired) electrons. The van der Waals surface area contributed by atoms with Gasteiger partial charge in [-0.3, -0.25) is 4.79 Å². The highest BCUT2D eigenvalue weighted by molar-refractivity contribution is 7.89. The maximum absolute atomic E-state index is 13.0. The van der Waals surface area contributed by atoms with Gasteiger partial charge in [-0.15, -0.1) is 11.3 Å². The quantitative estimate of drug-likeness (QED) is 0.494. The number of sulfonamides is 1. The third-order valence-electron chi connectivity index (χ3n) is 5.30. The highest BCUT2D eigenvalue weighted by Crippen LogP contribution is 2.35. The molecule has 0 bridgehead atoms. The molecule has 33 heavy (non-hydrogen) atoms. The van der Waals surface area contributed by atoms with Gasteiger partial charge in [-0.25, -0.2) is 13.2 Å². The fourth-order valence-corrected chi connectivity index (χ4v) is 6.22. The average Bonchev–Trinajstić information content (AvgIpc) is 3.51. The third-order valence-corrected chi connectivity index (χ3v) is 8.36. The van der Waals surface area contributed by atoms with Crippen LogP contribution in [-0.4, -0.2) is 44.3 Å². The van der Waals surface area contributed by atoms with Crippen LogP contribution in [-0.2, 0) is 14.8 Å². The van der Waals surface area contributed by atoms with Crippen molar-refractivity contribution in [2.24, 2.45) is 0 Å². The van der Waals surface area contributed by atoms with Crippen LogP contribution in [0.25, 0.3) is 10.4 Å². The number of nitrogens with zero attached hydrogens (tertiary/aromatic N) is 1. The van der Waals surface area contributed by atoms with E-state index in [4.69, 9.17) is 4.74 Å². The van der Waals surface area contributed by atoms with Crippen molar-refractivity contribution in [2.75, 3.05) is 25.0 Å². The molecule has 1 aliphatic heterocycles. The van der Waals surface area contributed by atoms with Gasteiger partial charge in [0.05, 0.1) is 17.2 Å². The molecule has 1 amide bonds. The zero-order chi connectivity index (χ0) is 23.4. The predicted molar refractivity (Wildman–Crippen MR) is 128 cm³/mol. The van der Waals surface area contributed by atoms with Crippen molar-refractivity contribution in [3.05, 3.63) is 71.1 Å². The zero-order valence-electron chi connectivity index (χ0n) is 18.1. The lowest BCUT2D eigenvalue weighted by molar-refractivity contribution is 0.0533. The summed E-state index contributed by atoms with van der Waals surface area (Å²) in [4.78, 5) is 26.7. The number of amides is 1. The Morgan fingerprint density at radius 1 is 1.03 bits per heavy atom. The maximum atomic E-state index is 13.0. The molecule has 1 saturated heterocycles. The molecular formula is C24H24N2O5S2. The minimum atomic E-state index is -3.65. The fourth-order valence-electron chi connectivity index (χ4n) is 3.65. The normalized spacial score (nSPS) is 14.2. The lowest BCUT2D eigenvalue weighted by atomic mass is 10.2. The molecule has 4 rings (SSSR count). The summed E-state index contributed by atoms with van der Waals surface area (Å²) in [5.41, 5.74) is 1.43. The number of ether oxygens (including phenoxy) is 1. The Morgan fingerprint density at radius 3 is 2.45 bits per heavy atom. The molecule has 1 aliphatic rings. The third kappa shape index (κ3) is 5.00. The Labute approximate surface area is 197 Å². The summed E-state index contributed by atoms with van der Waals surface area (Å²) in [5, 5.41) is 2.77. The molecule has 0 aliphatic carbocycles. The van der Waals surface area contributed by atoms with Gasteiger partial charge in [-0.1, -0.05) is 36.4 Å². The molecule has 172 valence electrons. The number of nitrogens with one attached hydrogen (secondary N) is 1. The standard InChI is InChI=1S/C24H24N2O5S2/c1-2-31-24(28)22-20(16-21(32-22)17-9-4-3-5-10-17)25-23(27)18-11-8-12-19(15-18)33(29,30)26-13-6-7-14-26/h3-5,8-12,15-16H,2,6-7,13-14H2,1H3,(H,25,27). The summed E-state index contributed by atoms with van der Waals surface area (Å²) in [6.07, 6.45) is 1.66. The van der Waals surface area contributed by atoms with Crippen LogP contribution >= 0.6 is 11.3 Å². The second-order valence-corrected chi connectivity index (χ2v) is 10.5. The summed E-state index contributed by atoms with van der Waals surface area (Å²) >= 11 is 1.23. The Morgan fingerprint density at radius 2 is 1.76 bits per heavy atom. The van der Waals surface area contributed by atoms with E-state index < -0.39 is 21.9 Å². The van der Waals surface area contributed by atoms with Gasteiger partial charge in [0.25, 0.3) is 5.91 Å². The predicted octanol–water partition coefficient (Wildman–Crippen LogP) is 4.63. The van der Waals surface area contributed by atoms with Crippen LogP contribution in [0.1, 0.15) is 39.8 Å². The lowest BCUT2D eigenvalue weighted by Gasteiger charge is -2.16. The number of benzene rings is 2. The van der Waals surface area contributed by atoms with E-state index in [2.05, 4.69) is 5.32 Å². The first kappa shape index (κ1) is 23.2. The molecule has 3 aromatic rings. The largest absolute Gasteiger partial charge is 0.462 e. The molecule has 0 spiro atoms. The SMILES string of the molecule is CCOC(=O)c1sc(-c2ccccc2)cc1NC(=O)c1cccc(S(=O)(=O)N2CCCC2)c1. The smallest absolute Gasteiger partial charge is 0.350 e. The molecule has 0 saturated carbocycles. The lowest BCUT2D eigenvalue weighted by Crippen LogP contribution is -2.28. The summed E-state index contributed by atoms with van der Waals surface area (Å²) in [5.74, 6) is -1.03. The van der Waals surface area contributed by atoms with Gasteiger partial charge in [0.2, 0.25) is 10.0 Å². The first-order chi connectivity index (χ1) is 15.9. The fraction of sp³-hybridized carbons (Fsp3) is 0.250. The van der Waals surface area contributed by atoms with E-state index in [9.17, 15) is 18.0 Å². The summed E-state index contributed by atoms with van der Waals surface area (Å²) in [6, 6.07) is 17.2. The van der Waals surface area contributed by atoms with E-state index in [1.165, 1.54) is 27.8 Å². The highest BCUT2D eigenvalue weighted by atomic mass is 32.2. The van der Waals surface area contributed by atoms with Gasteiger partial charge in [-0.05, 0) is 49.6 Å². The van der Waals surface area contributed by atoms with Crippen LogP contribution in [0.2, 0.25) is 0 Å². The molecule has 9 heteroatoms. The van der Waals surface area contributed by atoms with Crippen LogP contribution < -0.4 is 5.32 Å². The molecule has 7 nitrogen and oxygen atoms in total. The second-order valence-electron chi connectivity index (χ2n) is 7.53. The van der Waals surface area contributed by atoms with E-state index in [0.29, 0.717) is 18.8 Å². The van der Waals surface area contributed by atoms with Crippen molar-refractivity contribution in [2.45, 2.75) is 24.7 Å². The first-order valence-corrected chi connectivity index (χ1v) is 12.9. The van der Waals surface area contributed by atoms with Crippen molar-refractivity contribution in [3.8, 4) is 10.4 Å². The molecule has 0 unspecified atom stereocenters.